The van der Waals surface area contributed by atoms with Crippen molar-refractivity contribution in [1.82, 2.24) is 4.57 Å². The average molecular weight is 307 g/mol. The molecule has 0 radical (unpaired) electrons. The van der Waals surface area contributed by atoms with Gasteiger partial charge in [-0.1, -0.05) is 0 Å². The third-order valence-corrected chi connectivity index (χ3v) is 3.60. The number of ether oxygens (including phenoxy) is 3. The summed E-state index contributed by atoms with van der Waals surface area (Å²) >= 11 is 0. The molecular formula is C16H21NO5. The third kappa shape index (κ3) is 3.17. The number of nitrogens with zero attached hydrogens (tertiary/aromatic N) is 1. The van der Waals surface area contributed by atoms with Crippen LogP contribution in [0.5, 0.6) is 11.5 Å². The van der Waals surface area contributed by atoms with Gasteiger partial charge in [-0.25, -0.2) is 0 Å². The fourth-order valence-corrected chi connectivity index (χ4v) is 2.49. The van der Waals surface area contributed by atoms with Crippen molar-refractivity contribution in [3.8, 4) is 11.5 Å². The first-order valence-electron chi connectivity index (χ1n) is 7.06. The van der Waals surface area contributed by atoms with Crippen molar-refractivity contribution in [3.05, 3.63) is 23.9 Å². The maximum absolute atomic E-state index is 11.6. The minimum absolute atomic E-state index is 0.122. The molecule has 0 spiro atoms. The third-order valence-electron chi connectivity index (χ3n) is 3.60. The molecule has 6 heteroatoms. The fourth-order valence-electron chi connectivity index (χ4n) is 2.49. The van der Waals surface area contributed by atoms with Crippen LogP contribution in [0.1, 0.15) is 12.0 Å². The standard InChI is InChI=1S/C16H21NO5/c1-20-14-7-12-11(5-4-6-18)9-17(10-16(19)22-3)13(12)8-15(14)21-2/h7-9,18H,4-6,10H2,1-3H3. The van der Waals surface area contributed by atoms with Gasteiger partial charge in [-0.2, -0.15) is 0 Å². The Kier molecular flexibility index (Phi) is 5.27. The molecule has 0 unspecified atom stereocenters. The molecule has 2 aromatic rings. The number of esters is 1. The van der Waals surface area contributed by atoms with Crippen molar-refractivity contribution in [2.45, 2.75) is 19.4 Å². The molecule has 22 heavy (non-hydrogen) atoms. The van der Waals surface area contributed by atoms with E-state index >= 15 is 0 Å². The average Bonchev–Trinajstić information content (AvgIpc) is 2.88. The van der Waals surface area contributed by atoms with Crippen LogP contribution in [0.15, 0.2) is 18.3 Å². The number of benzene rings is 1. The molecular weight excluding hydrogens is 286 g/mol. The van der Waals surface area contributed by atoms with Crippen molar-refractivity contribution >= 4 is 16.9 Å². The van der Waals surface area contributed by atoms with Gasteiger partial charge in [0.15, 0.2) is 11.5 Å². The number of methoxy groups -OCH3 is 3. The lowest BCUT2D eigenvalue weighted by molar-refractivity contribution is -0.141. The highest BCUT2D eigenvalue weighted by molar-refractivity contribution is 5.88. The predicted octanol–water partition coefficient (Wildman–Crippen LogP) is 1.76. The first-order valence-corrected chi connectivity index (χ1v) is 7.06. The maximum Gasteiger partial charge on any atom is 0.325 e. The molecule has 0 aliphatic rings. The largest absolute Gasteiger partial charge is 0.493 e. The Labute approximate surface area is 129 Å². The number of aliphatic hydroxyl groups is 1. The van der Waals surface area contributed by atoms with Crippen LogP contribution >= 0.6 is 0 Å². The first-order chi connectivity index (χ1) is 10.6. The molecule has 1 aromatic heterocycles. The summed E-state index contributed by atoms with van der Waals surface area (Å²) in [7, 11) is 4.52. The highest BCUT2D eigenvalue weighted by atomic mass is 16.5. The summed E-state index contributed by atoms with van der Waals surface area (Å²) in [6, 6.07) is 3.74. The van der Waals surface area contributed by atoms with E-state index in [4.69, 9.17) is 19.3 Å². The summed E-state index contributed by atoms with van der Waals surface area (Å²) in [5.41, 5.74) is 1.92. The van der Waals surface area contributed by atoms with Crippen molar-refractivity contribution in [2.75, 3.05) is 27.9 Å². The Morgan fingerprint density at radius 1 is 1.18 bits per heavy atom. The summed E-state index contributed by atoms with van der Waals surface area (Å²) in [5.74, 6) is 0.921. The molecule has 120 valence electrons. The minimum atomic E-state index is -0.319. The second-order valence-corrected chi connectivity index (χ2v) is 4.91. The molecule has 0 aliphatic carbocycles. The van der Waals surface area contributed by atoms with Gasteiger partial charge >= 0.3 is 5.97 Å². The van der Waals surface area contributed by atoms with Crippen LogP contribution in [0.25, 0.3) is 10.9 Å². The topological polar surface area (TPSA) is 69.9 Å². The van der Waals surface area contributed by atoms with E-state index in [1.807, 2.05) is 22.9 Å². The van der Waals surface area contributed by atoms with Crippen LogP contribution in [0, 0.1) is 0 Å². The number of aryl methyl sites for hydroxylation is 1. The Morgan fingerprint density at radius 2 is 1.86 bits per heavy atom. The lowest BCUT2D eigenvalue weighted by atomic mass is 10.1. The summed E-state index contributed by atoms with van der Waals surface area (Å²) in [5, 5.41) is 10.0. The van der Waals surface area contributed by atoms with E-state index < -0.39 is 0 Å². The van der Waals surface area contributed by atoms with Gasteiger partial charge in [-0.05, 0) is 24.5 Å². The predicted molar refractivity (Wildman–Crippen MR) is 82.5 cm³/mol. The van der Waals surface area contributed by atoms with Gasteiger partial charge in [0.1, 0.15) is 6.54 Å². The second kappa shape index (κ2) is 7.17. The molecule has 1 aromatic carbocycles. The molecule has 0 fully saturated rings. The van der Waals surface area contributed by atoms with Crippen molar-refractivity contribution in [3.63, 3.8) is 0 Å². The Balaban J connectivity index is 2.56. The lowest BCUT2D eigenvalue weighted by Gasteiger charge is -2.09. The number of hydrogen-bond donors (Lipinski definition) is 1. The molecule has 0 amide bonds. The molecule has 2 rings (SSSR count). The van der Waals surface area contributed by atoms with Crippen LogP contribution in [0.2, 0.25) is 0 Å². The van der Waals surface area contributed by atoms with Gasteiger partial charge in [0.05, 0.1) is 26.8 Å². The highest BCUT2D eigenvalue weighted by Crippen LogP contribution is 2.35. The summed E-state index contributed by atoms with van der Waals surface area (Å²) in [6.07, 6.45) is 3.29. The number of aromatic nitrogens is 1. The summed E-state index contributed by atoms with van der Waals surface area (Å²) in [6.45, 7) is 0.249. The van der Waals surface area contributed by atoms with Crippen LogP contribution in [0.4, 0.5) is 0 Å². The summed E-state index contributed by atoms with van der Waals surface area (Å²) < 4.78 is 17.2. The monoisotopic (exact) mass is 307 g/mol. The Bertz CT molecular complexity index is 662. The molecule has 0 saturated heterocycles. The van der Waals surface area contributed by atoms with Crippen molar-refractivity contribution in [2.24, 2.45) is 0 Å². The quantitative estimate of drug-likeness (QED) is 0.789. The molecule has 0 bridgehead atoms. The Hall–Kier alpha value is -2.21. The zero-order valence-electron chi connectivity index (χ0n) is 13.1. The molecule has 0 atom stereocenters. The normalized spacial score (nSPS) is 10.7. The molecule has 0 saturated carbocycles. The zero-order chi connectivity index (χ0) is 16.1. The van der Waals surface area contributed by atoms with E-state index in [2.05, 4.69) is 0 Å². The van der Waals surface area contributed by atoms with Crippen molar-refractivity contribution in [1.29, 1.82) is 0 Å². The maximum atomic E-state index is 11.6. The van der Waals surface area contributed by atoms with Gasteiger partial charge in [0.2, 0.25) is 0 Å². The van der Waals surface area contributed by atoms with Gasteiger partial charge in [-0.15, -0.1) is 0 Å². The highest BCUT2D eigenvalue weighted by Gasteiger charge is 2.15. The number of aliphatic hydroxyl groups excluding tert-OH is 1. The lowest BCUT2D eigenvalue weighted by Crippen LogP contribution is -2.10. The fraction of sp³-hybridized carbons (Fsp3) is 0.438. The van der Waals surface area contributed by atoms with E-state index in [0.717, 1.165) is 22.9 Å². The SMILES string of the molecule is COC(=O)Cn1cc(CCCO)c2cc(OC)c(OC)cc21. The Morgan fingerprint density at radius 3 is 2.45 bits per heavy atom. The number of hydrogen-bond acceptors (Lipinski definition) is 5. The van der Waals surface area contributed by atoms with Crippen LogP contribution in [-0.4, -0.2) is 43.6 Å². The molecule has 1 heterocycles. The smallest absolute Gasteiger partial charge is 0.325 e. The number of carbonyl (C=O) groups excluding carboxylic acids is 1. The van der Waals surface area contributed by atoms with E-state index in [1.54, 1.807) is 14.2 Å². The van der Waals surface area contributed by atoms with Gasteiger partial charge in [-0.3, -0.25) is 4.79 Å². The van der Waals surface area contributed by atoms with Gasteiger partial charge in [0.25, 0.3) is 0 Å². The first kappa shape index (κ1) is 16.2. The number of fused-ring (bicyclic) bond motifs is 1. The minimum Gasteiger partial charge on any atom is -0.493 e. The van der Waals surface area contributed by atoms with Gasteiger partial charge in [0, 0.05) is 24.3 Å². The van der Waals surface area contributed by atoms with Crippen molar-refractivity contribution < 1.29 is 24.1 Å². The molecule has 6 nitrogen and oxygen atoms in total. The molecule has 0 aliphatic heterocycles. The second-order valence-electron chi connectivity index (χ2n) is 4.91. The van der Waals surface area contributed by atoms with E-state index in [-0.39, 0.29) is 19.1 Å². The van der Waals surface area contributed by atoms with E-state index in [1.165, 1.54) is 7.11 Å². The van der Waals surface area contributed by atoms with Crippen LogP contribution in [0.3, 0.4) is 0 Å². The molecule has 1 N–H and O–H groups in total. The van der Waals surface area contributed by atoms with Gasteiger partial charge < -0.3 is 23.9 Å². The van der Waals surface area contributed by atoms with Crippen LogP contribution in [-0.2, 0) is 22.5 Å². The summed E-state index contributed by atoms with van der Waals surface area (Å²) in [4.78, 5) is 11.6. The van der Waals surface area contributed by atoms with Crippen LogP contribution < -0.4 is 9.47 Å². The number of rotatable bonds is 7. The number of carbonyl (C=O) groups is 1. The van der Waals surface area contributed by atoms with E-state index in [0.29, 0.717) is 17.9 Å². The zero-order valence-corrected chi connectivity index (χ0v) is 13.1. The van der Waals surface area contributed by atoms with E-state index in [9.17, 15) is 4.79 Å².